The molecule has 13 aromatic rings. The van der Waals surface area contributed by atoms with Crippen LogP contribution in [0.5, 0.6) is 0 Å². The molecule has 0 bridgehead atoms. The Kier molecular flexibility index (Phi) is 20.7. The number of fused-ring (bicyclic) bond motifs is 14. The predicted octanol–water partition coefficient (Wildman–Crippen LogP) is 14.1. The normalized spacial score (nSPS) is 13.1. The molecule has 9 nitrogen and oxygen atoms in total. The van der Waals surface area contributed by atoms with Crippen molar-refractivity contribution >= 4 is 150 Å². The fourth-order valence-electron chi connectivity index (χ4n) is 12.6. The van der Waals surface area contributed by atoms with Gasteiger partial charge in [-0.1, -0.05) is 209 Å². The summed E-state index contributed by atoms with van der Waals surface area (Å²) in [5.41, 5.74) is 24.2. The Bertz CT molecular complexity index is 4800. The standard InChI is InChI=1S/C35H24ClN3.C22H17Cl.C14H9ClN2.3K.HO4P/c1-35(2)28-14-8-6-12-23(28)26-20-32-27(19-29(26)35)24-17-16-22(36)18-31(24)39(32)34-37-30-15-9-7-13-25(30)33(38-34)21-10-4-3-5-11-21;1-22(2)20-6-4-3-5-17(20)19-11-14-9-13-10-15(23)7-8-16(13)18(14)12-21(19)22;15-14-16-12-9-5-4-8-11(12)13(17-14)10-6-2-1-3-7-10;;;;1-4-5(2)3/h3-20H,1-2H3;3-8,10-12H,9H2,1-2H3;1-9H;;;;1H/q;;;;;+1;/p-1. The van der Waals surface area contributed by atoms with Crippen molar-refractivity contribution < 1.29 is 70.8 Å². The van der Waals surface area contributed by atoms with Crippen LogP contribution in [0.15, 0.2) is 218 Å². The van der Waals surface area contributed by atoms with Crippen molar-refractivity contribution in [1.29, 1.82) is 0 Å². The summed E-state index contributed by atoms with van der Waals surface area (Å²) < 4.78 is 13.5. The van der Waals surface area contributed by atoms with E-state index in [-0.39, 0.29) is 67.5 Å². The molecule has 16 rings (SSSR count). The first kappa shape index (κ1) is 64.9. The molecule has 412 valence electrons. The van der Waals surface area contributed by atoms with Crippen LogP contribution < -0.4 is 61.5 Å². The van der Waals surface area contributed by atoms with Gasteiger partial charge < -0.3 is 10.2 Å². The zero-order valence-corrected chi connectivity index (χ0v) is 61.5. The average molecular weight is 1290 g/mol. The van der Waals surface area contributed by atoms with E-state index in [4.69, 9.17) is 59.5 Å². The van der Waals surface area contributed by atoms with E-state index in [2.05, 4.69) is 174 Å². The molecule has 3 heterocycles. The van der Waals surface area contributed by atoms with Gasteiger partial charge in [-0.25, -0.2) is 24.6 Å². The molecule has 16 heteroatoms. The second-order valence-electron chi connectivity index (χ2n) is 22.1. The molecular formula is C71H50Cl3K3N5O4P. The van der Waals surface area contributed by atoms with Crippen LogP contribution in [0.25, 0.3) is 105 Å². The molecule has 3 aliphatic carbocycles. The molecule has 10 aromatic carbocycles. The molecule has 0 saturated carbocycles. The molecule has 0 N–H and O–H groups in total. The van der Waals surface area contributed by atoms with Crippen molar-refractivity contribution in [2.24, 2.45) is 0 Å². The van der Waals surface area contributed by atoms with Crippen LogP contribution in [0.3, 0.4) is 0 Å². The maximum absolute atomic E-state index is 8.87. The van der Waals surface area contributed by atoms with Crippen LogP contribution in [0.2, 0.25) is 15.3 Å². The molecule has 1 unspecified atom stereocenters. The second kappa shape index (κ2) is 27.7. The van der Waals surface area contributed by atoms with Crippen LogP contribution >= 0.6 is 43.1 Å². The third kappa shape index (κ3) is 12.8. The van der Waals surface area contributed by atoms with Gasteiger partial charge in [-0.3, -0.25) is 4.57 Å². The number of nitrogens with zero attached hydrogens (tertiary/aromatic N) is 5. The third-order valence-corrected chi connectivity index (χ3v) is 17.3. The topological polar surface area (TPSA) is 129 Å². The molecular weight excluding hydrogens is 1240 g/mol. The summed E-state index contributed by atoms with van der Waals surface area (Å²) in [4.78, 5) is 27.7. The van der Waals surface area contributed by atoms with Crippen LogP contribution in [0, 0.1) is 0 Å². The first-order valence-corrected chi connectivity index (χ1v) is 46.6. The molecule has 0 aliphatic heterocycles. The van der Waals surface area contributed by atoms with E-state index in [0.717, 1.165) is 72.2 Å². The fourth-order valence-corrected chi connectivity index (χ4v) is 13.1. The Labute approximate surface area is 608 Å². The minimum absolute atomic E-state index is 0. The molecule has 1 atom stereocenters. The maximum atomic E-state index is 8.87. The molecule has 0 amide bonds. The van der Waals surface area contributed by atoms with E-state index in [1.165, 1.54) is 135 Å². The number of rotatable bonds is 4. The van der Waals surface area contributed by atoms with Crippen molar-refractivity contribution in [2.75, 3.05) is 0 Å². The third-order valence-electron chi connectivity index (χ3n) is 16.5. The zero-order chi connectivity index (χ0) is 60.0. The Morgan fingerprint density at radius 1 is 0.460 bits per heavy atom. The van der Waals surface area contributed by atoms with E-state index >= 15 is 0 Å². The Balaban J connectivity index is 0.000000138. The van der Waals surface area contributed by atoms with E-state index < -0.39 is 8.25 Å². The zero-order valence-electron chi connectivity index (χ0n) is 48.9. The van der Waals surface area contributed by atoms with Gasteiger partial charge >= 0.3 is 123 Å². The van der Waals surface area contributed by atoms with Gasteiger partial charge in [0.15, 0.2) is 0 Å². The first-order chi connectivity index (χ1) is 41.7. The number of hydrogen-bond donors (Lipinski definition) is 0. The minimum atomic E-state index is -3.15. The number of para-hydroxylation sites is 2. The monoisotopic (exact) mass is 1290 g/mol. The summed E-state index contributed by atoms with van der Waals surface area (Å²) in [5, 5.41) is 14.7. The molecule has 3 aliphatic rings. The van der Waals surface area contributed by atoms with Crippen molar-refractivity contribution in [3.05, 3.63) is 267 Å². The average Bonchev–Trinajstić information content (AvgIpc) is 1.60. The summed E-state index contributed by atoms with van der Waals surface area (Å²) in [7, 11) is -3.15. The van der Waals surface area contributed by atoms with Crippen molar-refractivity contribution in [3.63, 3.8) is 0 Å². The molecule has 3 aromatic heterocycles. The van der Waals surface area contributed by atoms with Crippen LogP contribution in [-0.2, 0) is 26.5 Å². The van der Waals surface area contributed by atoms with Gasteiger partial charge in [0.05, 0.1) is 33.5 Å². The van der Waals surface area contributed by atoms with Crippen molar-refractivity contribution in [2.45, 2.75) is 44.9 Å². The van der Waals surface area contributed by atoms with Crippen molar-refractivity contribution in [3.8, 4) is 61.8 Å². The summed E-state index contributed by atoms with van der Waals surface area (Å²) in [6.07, 6.45) is 0.987. The first-order valence-electron chi connectivity index (χ1n) is 28.4. The number of halogens is 3. The molecule has 0 saturated heterocycles. The molecule has 87 heavy (non-hydrogen) atoms. The molecule has 0 spiro atoms. The predicted molar refractivity (Wildman–Crippen MR) is 349 cm³/mol. The summed E-state index contributed by atoms with van der Waals surface area (Å²) in [6.45, 7) is 9.31. The van der Waals surface area contributed by atoms with E-state index in [1.807, 2.05) is 91.0 Å². The van der Waals surface area contributed by atoms with Crippen LogP contribution in [-0.4, -0.2) is 87.7 Å². The van der Waals surface area contributed by atoms with Gasteiger partial charge in [0.1, 0.15) is 0 Å². The SMILES string of the molecule is CC1(C)c2ccccc2-c2cc3c(cc21)-c1ccc(Cl)cc1C3.CC1(C)c2ccccc2-c2cc3c(cc21)c1ccc(Cl)cc1n3-c1nc(-c2ccccc2)c2ccccc2n1.Clc1nc(-c2ccccc2)c2ccccc2n1.O=[P+]([O-])O[O-].[K+].[K][K]. The summed E-state index contributed by atoms with van der Waals surface area (Å²) in [6, 6.07) is 75.9. The second-order valence-corrected chi connectivity index (χ2v) is 23.9. The molecule has 0 radical (unpaired) electrons. The number of benzene rings is 10. The van der Waals surface area contributed by atoms with Crippen molar-refractivity contribution in [1.82, 2.24) is 24.5 Å². The van der Waals surface area contributed by atoms with Gasteiger partial charge in [0, 0.05) is 53.5 Å². The number of hydrogen-bond acceptors (Lipinski definition) is 8. The van der Waals surface area contributed by atoms with Crippen LogP contribution in [0.1, 0.15) is 61.1 Å². The van der Waals surface area contributed by atoms with E-state index in [9.17, 15) is 0 Å². The number of aromatic nitrogens is 5. The Hall–Kier alpha value is -3.56. The summed E-state index contributed by atoms with van der Waals surface area (Å²) >= 11 is 21.2. The quantitative estimate of drug-likeness (QED) is 0.0560. The Morgan fingerprint density at radius 2 is 0.931 bits per heavy atom. The summed E-state index contributed by atoms with van der Waals surface area (Å²) in [5.74, 6) is 0.639. The molecule has 0 fully saturated rings. The Morgan fingerprint density at radius 3 is 1.53 bits per heavy atom. The van der Waals surface area contributed by atoms with E-state index in [0.29, 0.717) is 11.0 Å². The van der Waals surface area contributed by atoms with Gasteiger partial charge in [0.25, 0.3) is 0 Å². The van der Waals surface area contributed by atoms with E-state index in [1.54, 1.807) is 0 Å². The van der Waals surface area contributed by atoms with Gasteiger partial charge in [-0.15, -0.1) is 0 Å². The van der Waals surface area contributed by atoms with Gasteiger partial charge in [0.2, 0.25) is 11.2 Å². The van der Waals surface area contributed by atoms with Gasteiger partial charge in [-0.2, -0.15) is 0 Å². The van der Waals surface area contributed by atoms with Gasteiger partial charge in [-0.05, 0) is 150 Å². The fraction of sp³-hybridized carbons (Fsp3) is 0.0986. The van der Waals surface area contributed by atoms with Crippen LogP contribution in [0.4, 0.5) is 0 Å².